The Hall–Kier alpha value is -1.09. The van der Waals surface area contributed by atoms with Crippen molar-refractivity contribution in [2.75, 3.05) is 13.2 Å². The van der Waals surface area contributed by atoms with Crippen molar-refractivity contribution in [3.63, 3.8) is 0 Å². The first kappa shape index (κ1) is 14.3. The van der Waals surface area contributed by atoms with E-state index in [4.69, 9.17) is 4.74 Å². The fourth-order valence-corrected chi connectivity index (χ4v) is 2.88. The summed E-state index contributed by atoms with van der Waals surface area (Å²) in [4.78, 5) is 6.88. The number of pyridine rings is 1. The van der Waals surface area contributed by atoms with E-state index in [0.29, 0.717) is 0 Å². The quantitative estimate of drug-likeness (QED) is 0.760. The zero-order chi connectivity index (χ0) is 13.7. The van der Waals surface area contributed by atoms with E-state index in [1.807, 2.05) is 25.3 Å². The van der Waals surface area contributed by atoms with Crippen molar-refractivity contribution in [3.8, 4) is 5.88 Å². The van der Waals surface area contributed by atoms with Crippen molar-refractivity contribution in [1.29, 1.82) is 0 Å². The smallest absolute Gasteiger partial charge is 0.213 e. The first-order chi connectivity index (χ1) is 9.16. The zero-order valence-corrected chi connectivity index (χ0v) is 12.4. The Morgan fingerprint density at radius 2 is 2.00 bits per heavy atom. The molecule has 0 bridgehead atoms. The number of nitrogens with zero attached hydrogens (tertiary/aromatic N) is 2. The van der Waals surface area contributed by atoms with Crippen LogP contribution in [0.25, 0.3) is 0 Å². The molecular formula is C16H26N2O. The summed E-state index contributed by atoms with van der Waals surface area (Å²) in [6.07, 6.45) is 6.98. The highest BCUT2D eigenvalue weighted by molar-refractivity contribution is 5.16. The molecule has 106 valence electrons. The van der Waals surface area contributed by atoms with Crippen molar-refractivity contribution < 1.29 is 4.74 Å². The Labute approximate surface area is 117 Å². The third kappa shape index (κ3) is 4.20. The summed E-state index contributed by atoms with van der Waals surface area (Å²) >= 11 is 0. The van der Waals surface area contributed by atoms with Gasteiger partial charge in [-0.2, -0.15) is 0 Å². The van der Waals surface area contributed by atoms with Crippen molar-refractivity contribution >= 4 is 0 Å². The highest BCUT2D eigenvalue weighted by atomic mass is 16.5. The van der Waals surface area contributed by atoms with Crippen LogP contribution in [0.4, 0.5) is 0 Å². The predicted octanol–water partition coefficient (Wildman–Crippen LogP) is 3.42. The number of piperidine rings is 1. The van der Waals surface area contributed by atoms with Crippen LogP contribution < -0.4 is 4.74 Å². The van der Waals surface area contributed by atoms with Crippen LogP contribution in [0.3, 0.4) is 0 Å². The summed E-state index contributed by atoms with van der Waals surface area (Å²) in [5.41, 5.74) is 1.17. The van der Waals surface area contributed by atoms with Gasteiger partial charge in [0.05, 0.1) is 6.61 Å². The molecule has 3 heteroatoms. The average molecular weight is 262 g/mol. The normalized spacial score (nSPS) is 24.4. The summed E-state index contributed by atoms with van der Waals surface area (Å²) in [5, 5.41) is 0. The lowest BCUT2D eigenvalue weighted by Crippen LogP contribution is -2.44. The number of rotatable bonds is 5. The second-order valence-electron chi connectivity index (χ2n) is 5.74. The largest absolute Gasteiger partial charge is 0.478 e. The molecule has 1 fully saturated rings. The second kappa shape index (κ2) is 6.90. The van der Waals surface area contributed by atoms with Crippen molar-refractivity contribution in [1.82, 2.24) is 9.88 Å². The maximum atomic E-state index is 5.68. The summed E-state index contributed by atoms with van der Waals surface area (Å²) < 4.78 is 5.68. The Kier molecular flexibility index (Phi) is 5.20. The van der Waals surface area contributed by atoms with Crippen molar-refractivity contribution in [2.24, 2.45) is 0 Å². The lowest BCUT2D eigenvalue weighted by Gasteiger charge is -2.39. The van der Waals surface area contributed by atoms with Gasteiger partial charge in [0.2, 0.25) is 5.88 Å². The summed E-state index contributed by atoms with van der Waals surface area (Å²) in [7, 11) is 0. The van der Waals surface area contributed by atoms with Crippen LogP contribution in [0.15, 0.2) is 18.3 Å². The maximum Gasteiger partial charge on any atom is 0.213 e. The average Bonchev–Trinajstić information content (AvgIpc) is 2.39. The monoisotopic (exact) mass is 262 g/mol. The molecule has 0 aliphatic carbocycles. The number of likely N-dealkylation sites (tertiary alicyclic amines) is 1. The predicted molar refractivity (Wildman–Crippen MR) is 78.6 cm³/mol. The molecule has 0 N–H and O–H groups in total. The molecule has 1 saturated heterocycles. The number of ether oxygens (including phenoxy) is 1. The topological polar surface area (TPSA) is 25.4 Å². The van der Waals surface area contributed by atoms with Crippen molar-refractivity contribution in [3.05, 3.63) is 23.9 Å². The molecule has 0 unspecified atom stereocenters. The molecule has 0 amide bonds. The van der Waals surface area contributed by atoms with E-state index in [1.54, 1.807) is 0 Å². The van der Waals surface area contributed by atoms with E-state index in [9.17, 15) is 0 Å². The zero-order valence-electron chi connectivity index (χ0n) is 12.4. The van der Waals surface area contributed by atoms with Crippen LogP contribution >= 0.6 is 0 Å². The number of aromatic nitrogens is 1. The maximum absolute atomic E-state index is 5.68. The van der Waals surface area contributed by atoms with Gasteiger partial charge in [-0.05, 0) is 45.6 Å². The molecule has 2 heterocycles. The van der Waals surface area contributed by atoms with Crippen molar-refractivity contribution in [2.45, 2.75) is 58.5 Å². The molecule has 1 aliphatic rings. The van der Waals surface area contributed by atoms with E-state index in [-0.39, 0.29) is 0 Å². The highest BCUT2D eigenvalue weighted by Crippen LogP contribution is 2.22. The molecular weight excluding hydrogens is 236 g/mol. The van der Waals surface area contributed by atoms with E-state index in [0.717, 1.165) is 37.5 Å². The Morgan fingerprint density at radius 1 is 1.26 bits per heavy atom. The first-order valence-corrected chi connectivity index (χ1v) is 7.48. The Balaban J connectivity index is 1.70. The van der Waals surface area contributed by atoms with Gasteiger partial charge in [-0.25, -0.2) is 4.98 Å². The third-order valence-corrected chi connectivity index (χ3v) is 4.07. The summed E-state index contributed by atoms with van der Waals surface area (Å²) in [6, 6.07) is 5.43. The van der Waals surface area contributed by atoms with Crippen LogP contribution in [-0.4, -0.2) is 35.1 Å². The molecule has 0 radical (unpaired) electrons. The minimum atomic E-state index is 0.723. The standard InChI is InChI=1S/C16H26N2O/c1-13-8-9-16(17-12-13)19-11-5-10-18-14(2)6-4-7-15(18)3/h8-9,12,14-15H,4-7,10-11H2,1-3H3/t14-,15+. The van der Waals surface area contributed by atoms with Gasteiger partial charge in [0.15, 0.2) is 0 Å². The highest BCUT2D eigenvalue weighted by Gasteiger charge is 2.23. The van der Waals surface area contributed by atoms with Gasteiger partial charge in [-0.15, -0.1) is 0 Å². The minimum Gasteiger partial charge on any atom is -0.478 e. The van der Waals surface area contributed by atoms with E-state index < -0.39 is 0 Å². The van der Waals surface area contributed by atoms with E-state index >= 15 is 0 Å². The van der Waals surface area contributed by atoms with Gasteiger partial charge < -0.3 is 4.74 Å². The molecule has 2 atom stereocenters. The van der Waals surface area contributed by atoms with Gasteiger partial charge in [0.1, 0.15) is 0 Å². The summed E-state index contributed by atoms with van der Waals surface area (Å²) in [5.74, 6) is 0.741. The lowest BCUT2D eigenvalue weighted by atomic mass is 9.97. The van der Waals surface area contributed by atoms with Gasteiger partial charge in [-0.3, -0.25) is 4.90 Å². The van der Waals surface area contributed by atoms with Crippen LogP contribution in [0.1, 0.15) is 45.1 Å². The van der Waals surface area contributed by atoms with Gasteiger partial charge in [0.25, 0.3) is 0 Å². The van der Waals surface area contributed by atoms with Crippen LogP contribution in [0.2, 0.25) is 0 Å². The van der Waals surface area contributed by atoms with Gasteiger partial charge in [-0.1, -0.05) is 12.5 Å². The van der Waals surface area contributed by atoms with E-state index in [1.165, 1.54) is 24.8 Å². The third-order valence-electron chi connectivity index (χ3n) is 4.07. The van der Waals surface area contributed by atoms with Crippen LogP contribution in [0, 0.1) is 6.92 Å². The fourth-order valence-electron chi connectivity index (χ4n) is 2.88. The number of hydrogen-bond donors (Lipinski definition) is 0. The molecule has 1 aromatic heterocycles. The molecule has 0 saturated carbocycles. The van der Waals surface area contributed by atoms with Gasteiger partial charge >= 0.3 is 0 Å². The summed E-state index contributed by atoms with van der Waals surface area (Å²) in [6.45, 7) is 8.62. The second-order valence-corrected chi connectivity index (χ2v) is 5.74. The molecule has 0 spiro atoms. The van der Waals surface area contributed by atoms with E-state index in [2.05, 4.69) is 23.7 Å². The lowest BCUT2D eigenvalue weighted by molar-refractivity contribution is 0.0958. The van der Waals surface area contributed by atoms with Crippen LogP contribution in [-0.2, 0) is 0 Å². The van der Waals surface area contributed by atoms with Crippen LogP contribution in [0.5, 0.6) is 5.88 Å². The SMILES string of the molecule is Cc1ccc(OCCCN2[C@H](C)CCC[C@@H]2C)nc1. The first-order valence-electron chi connectivity index (χ1n) is 7.48. The number of aryl methyl sites for hydroxylation is 1. The molecule has 0 aromatic carbocycles. The fraction of sp³-hybridized carbons (Fsp3) is 0.688. The molecule has 1 aliphatic heterocycles. The Bertz CT molecular complexity index is 367. The number of hydrogen-bond acceptors (Lipinski definition) is 3. The molecule has 19 heavy (non-hydrogen) atoms. The van der Waals surface area contributed by atoms with Gasteiger partial charge in [0, 0.05) is 30.9 Å². The molecule has 1 aromatic rings. The molecule has 3 nitrogen and oxygen atoms in total. The Morgan fingerprint density at radius 3 is 2.63 bits per heavy atom. The molecule has 2 rings (SSSR count). The minimum absolute atomic E-state index is 0.723.